The molecule has 1 heterocycles. The number of nitrogens with zero attached hydrogens (tertiary/aromatic N) is 2. The van der Waals surface area contributed by atoms with Crippen molar-refractivity contribution in [2.24, 2.45) is 0 Å². The predicted molar refractivity (Wildman–Crippen MR) is 182 cm³/mol. The molecule has 7 rings (SSSR count). The van der Waals surface area contributed by atoms with Crippen LogP contribution in [-0.4, -0.2) is 16.9 Å². The van der Waals surface area contributed by atoms with Gasteiger partial charge in [-0.25, -0.2) is 87.8 Å². The number of fused-ring (bicyclic) bond motifs is 1. The Labute approximate surface area is 342 Å². The maximum atomic E-state index is 15.4. The summed E-state index contributed by atoms with van der Waals surface area (Å²) in [6, 6.07) is 13.9. The zero-order valence-electron chi connectivity index (χ0n) is 30.5. The average molecular weight is 928 g/mol. The molecule has 6 aromatic carbocycles. The lowest BCUT2D eigenvalue weighted by molar-refractivity contribution is -0.683. The first-order valence-electron chi connectivity index (χ1n) is 17.1. The third-order valence-corrected chi connectivity index (χ3v) is 9.79. The highest BCUT2D eigenvalue weighted by atomic mass is 19.2. The number of ketones is 1. The van der Waals surface area contributed by atoms with Crippen molar-refractivity contribution in [1.29, 1.82) is 0 Å². The Balaban J connectivity index is 0.000000295. The molecule has 0 N–H and O–H groups in total. The first-order chi connectivity index (χ1) is 30.0. The summed E-state index contributed by atoms with van der Waals surface area (Å²) in [7, 11) is 0. The molecule has 64 heavy (non-hydrogen) atoms. The normalized spacial score (nSPS) is 11.6. The molecule has 0 amide bonds. The van der Waals surface area contributed by atoms with Gasteiger partial charge in [-0.05, 0) is 16.8 Å². The number of Topliss-reactive ketones (excluding diaryl/α,β-unsaturated/α-hetero) is 1. The summed E-state index contributed by atoms with van der Waals surface area (Å²) in [5, 5.41) is 2.24. The molecule has 3 nitrogen and oxygen atoms in total. The second-order valence-corrected chi connectivity index (χ2v) is 13.2. The number of aromatic nitrogens is 2. The van der Waals surface area contributed by atoms with E-state index in [0.29, 0.717) is 6.54 Å². The minimum atomic E-state index is -7.22. The molecule has 0 aliphatic rings. The maximum Gasteiger partial charge on any atom is 0.227 e. The highest BCUT2D eigenvalue weighted by Crippen LogP contribution is 2.31. The van der Waals surface area contributed by atoms with Crippen LogP contribution in [-0.2, 0) is 6.54 Å². The third-order valence-electron chi connectivity index (χ3n) is 9.79. The molecule has 0 saturated carbocycles. The van der Waals surface area contributed by atoms with Gasteiger partial charge in [0.15, 0.2) is 82.2 Å². The van der Waals surface area contributed by atoms with Crippen LogP contribution in [0.15, 0.2) is 67.3 Å². The van der Waals surface area contributed by atoms with Crippen LogP contribution in [0, 0.1) is 116 Å². The van der Waals surface area contributed by atoms with Crippen molar-refractivity contribution in [3.05, 3.63) is 189 Å². The minimum absolute atomic E-state index is 0.0990. The molecule has 1 aromatic heterocycles. The van der Waals surface area contributed by atoms with Gasteiger partial charge in [0, 0.05) is 5.56 Å². The Bertz CT molecular complexity index is 2680. The number of halogens is 20. The SMILES string of the molecule is Fc1c(F)c(F)c([B-](c2c(F)c(F)c(F)c(F)c2F)(c2c(F)c(F)c(F)c(F)c2F)c2c(F)c(F)c(F)c(F)c2F)c(F)c1F.O=C(C[n+]1ccncc1)c1ccc2ccccc2c1. The topological polar surface area (TPSA) is 33.8 Å². The molecular formula is C40H13BF20N2O. The number of carbonyl (C=O) groups is 1. The maximum absolute atomic E-state index is 15.4. The van der Waals surface area contributed by atoms with Crippen molar-refractivity contribution in [3.63, 3.8) is 0 Å². The lowest BCUT2D eigenvalue weighted by Gasteiger charge is -2.44. The summed E-state index contributed by atoms with van der Waals surface area (Å²) in [5.41, 5.74) is -13.6. The largest absolute Gasteiger partial charge is 0.287 e. The lowest BCUT2D eigenvalue weighted by Crippen LogP contribution is -2.81. The molecule has 24 heteroatoms. The second-order valence-electron chi connectivity index (χ2n) is 13.2. The van der Waals surface area contributed by atoms with E-state index in [9.17, 15) is 57.5 Å². The van der Waals surface area contributed by atoms with Crippen molar-refractivity contribution in [2.75, 3.05) is 0 Å². The van der Waals surface area contributed by atoms with Gasteiger partial charge in [-0.2, -0.15) is 4.57 Å². The lowest BCUT2D eigenvalue weighted by atomic mass is 9.12. The highest BCUT2D eigenvalue weighted by molar-refractivity contribution is 7.20. The molecule has 0 spiro atoms. The fraction of sp³-hybridized carbons (Fsp3) is 0.0250. The van der Waals surface area contributed by atoms with Crippen molar-refractivity contribution in [1.82, 2.24) is 4.98 Å². The van der Waals surface area contributed by atoms with E-state index >= 15 is 35.1 Å². The molecular weight excluding hydrogens is 915 g/mol. The quantitative estimate of drug-likeness (QED) is 0.0404. The summed E-state index contributed by atoms with van der Waals surface area (Å²) in [6.45, 7) is 0.334. The number of benzene rings is 6. The van der Waals surface area contributed by atoms with Gasteiger partial charge in [0.05, 0.1) is 12.4 Å². The number of rotatable bonds is 7. The molecule has 7 aromatic rings. The Morgan fingerprint density at radius 2 is 0.672 bits per heavy atom. The molecule has 0 fully saturated rings. The highest BCUT2D eigenvalue weighted by Gasteiger charge is 2.52. The van der Waals surface area contributed by atoms with Gasteiger partial charge in [0.1, 0.15) is 52.7 Å². The van der Waals surface area contributed by atoms with Gasteiger partial charge >= 0.3 is 0 Å². The van der Waals surface area contributed by atoms with E-state index in [1.54, 1.807) is 24.8 Å². The van der Waals surface area contributed by atoms with Crippen molar-refractivity contribution < 1.29 is 97.2 Å². The smallest absolute Gasteiger partial charge is 0.227 e. The van der Waals surface area contributed by atoms with E-state index in [2.05, 4.69) is 4.98 Å². The Kier molecular flexibility index (Phi) is 12.6. The fourth-order valence-corrected chi connectivity index (χ4v) is 6.95. The minimum Gasteiger partial charge on any atom is -0.287 e. The summed E-state index contributed by atoms with van der Waals surface area (Å²) in [4.78, 5) is 16.2. The van der Waals surface area contributed by atoms with Crippen LogP contribution in [0.2, 0.25) is 0 Å². The molecule has 332 valence electrons. The molecule has 0 bridgehead atoms. The van der Waals surface area contributed by atoms with Crippen LogP contribution < -0.4 is 26.4 Å². The standard InChI is InChI=1S/C24BF20.C16H13N2O/c26-5-1(6(27)14(35)21(42)13(5)34)25(2-7(28)15(36)22(43)16(37)8(2)29,3-9(30)17(38)23(44)18(39)10(3)31)4-11(32)19(40)24(45)20(41)12(4)33;19-16(12-18-9-7-17-8-10-18)15-6-5-13-3-1-2-4-14(13)11-15/h;1-11H,12H2/q-1;+1. The van der Waals surface area contributed by atoms with Gasteiger partial charge in [-0.1, -0.05) is 36.4 Å². The monoisotopic (exact) mass is 928 g/mol. The number of carbonyl (C=O) groups excluding carboxylic acids is 1. The summed E-state index contributed by atoms with van der Waals surface area (Å²) < 4.78 is 296. The Morgan fingerprint density at radius 3 is 0.984 bits per heavy atom. The van der Waals surface area contributed by atoms with E-state index in [4.69, 9.17) is 0 Å². The van der Waals surface area contributed by atoms with E-state index in [1.165, 1.54) is 0 Å². The van der Waals surface area contributed by atoms with Crippen molar-refractivity contribution >= 4 is 44.6 Å². The van der Waals surface area contributed by atoms with Gasteiger partial charge in [0.2, 0.25) is 12.3 Å². The first kappa shape index (κ1) is 46.5. The molecule has 0 radical (unpaired) electrons. The molecule has 0 unspecified atom stereocenters. The molecule has 0 aliphatic heterocycles. The van der Waals surface area contributed by atoms with Gasteiger partial charge in [-0.3, -0.25) is 9.78 Å². The predicted octanol–water partition coefficient (Wildman–Crippen LogP) is 8.25. The van der Waals surface area contributed by atoms with Crippen LogP contribution in [0.25, 0.3) is 10.8 Å². The van der Waals surface area contributed by atoms with E-state index in [0.717, 1.165) is 16.3 Å². The summed E-state index contributed by atoms with van der Waals surface area (Å²) in [6.07, 6.45) is -0.287. The second kappa shape index (κ2) is 17.3. The van der Waals surface area contributed by atoms with E-state index < -0.39 is 144 Å². The van der Waals surface area contributed by atoms with Crippen LogP contribution in [0.5, 0.6) is 0 Å². The zero-order valence-corrected chi connectivity index (χ0v) is 30.5. The van der Waals surface area contributed by atoms with Gasteiger partial charge in [0.25, 0.3) is 0 Å². The van der Waals surface area contributed by atoms with Crippen LogP contribution in [0.1, 0.15) is 10.4 Å². The molecule has 0 saturated heterocycles. The molecule has 0 atom stereocenters. The Morgan fingerprint density at radius 1 is 0.391 bits per heavy atom. The number of hydrogen-bond acceptors (Lipinski definition) is 2. The average Bonchev–Trinajstić information content (AvgIpc) is 3.29. The molecule has 0 aliphatic carbocycles. The Hall–Kier alpha value is -7.01. The van der Waals surface area contributed by atoms with Crippen molar-refractivity contribution in [2.45, 2.75) is 6.54 Å². The first-order valence-corrected chi connectivity index (χ1v) is 17.1. The summed E-state index contributed by atoms with van der Waals surface area (Å²) >= 11 is 0. The number of hydrogen-bond donors (Lipinski definition) is 0. The zero-order chi connectivity index (χ0) is 47.4. The van der Waals surface area contributed by atoms with Gasteiger partial charge in [-0.15, -0.1) is 21.9 Å². The summed E-state index contributed by atoms with van der Waals surface area (Å²) in [5.74, 6) is -71.3. The van der Waals surface area contributed by atoms with Gasteiger partial charge < -0.3 is 0 Å². The van der Waals surface area contributed by atoms with E-state index in [1.807, 2.05) is 47.0 Å². The van der Waals surface area contributed by atoms with Crippen molar-refractivity contribution in [3.8, 4) is 0 Å². The fourth-order valence-electron chi connectivity index (χ4n) is 6.95. The van der Waals surface area contributed by atoms with E-state index in [-0.39, 0.29) is 5.78 Å². The third kappa shape index (κ3) is 7.22. The van der Waals surface area contributed by atoms with Crippen LogP contribution in [0.4, 0.5) is 87.8 Å². The van der Waals surface area contributed by atoms with Crippen LogP contribution >= 0.6 is 0 Å². The van der Waals surface area contributed by atoms with Crippen LogP contribution in [0.3, 0.4) is 0 Å².